The molecule has 2 N–H and O–H groups in total. The lowest BCUT2D eigenvalue weighted by Crippen LogP contribution is -2.47. The second-order valence-electron chi connectivity index (χ2n) is 10.8. The van der Waals surface area contributed by atoms with Gasteiger partial charge in [-0.1, -0.05) is 54.6 Å². The second kappa shape index (κ2) is 12.6. The van der Waals surface area contributed by atoms with Crippen molar-refractivity contribution in [1.29, 1.82) is 5.26 Å². The second-order valence-corrected chi connectivity index (χ2v) is 12.0. The smallest absolute Gasteiger partial charge is 0.276 e. The van der Waals surface area contributed by atoms with Crippen LogP contribution in [0.25, 0.3) is 28.0 Å². The number of aryl methyl sites for hydroxylation is 1. The Balaban J connectivity index is 1.90. The van der Waals surface area contributed by atoms with Crippen LogP contribution in [0.1, 0.15) is 43.5 Å². The van der Waals surface area contributed by atoms with Crippen LogP contribution >= 0.6 is 34.8 Å². The zero-order valence-corrected chi connectivity index (χ0v) is 26.9. The van der Waals surface area contributed by atoms with E-state index in [0.29, 0.717) is 55.2 Å². The highest BCUT2D eigenvalue weighted by molar-refractivity contribution is 6.38. The Hall–Kier alpha value is -3.86. The minimum atomic E-state index is -0.850. The molecule has 4 aromatic rings. The molecule has 8 nitrogen and oxygen atoms in total. The highest BCUT2D eigenvalue weighted by Gasteiger charge is 2.30. The lowest BCUT2D eigenvalue weighted by Gasteiger charge is -2.36. The van der Waals surface area contributed by atoms with E-state index in [1.54, 1.807) is 25.3 Å². The number of nitriles is 1. The van der Waals surface area contributed by atoms with Crippen LogP contribution < -0.4 is 16.2 Å². The van der Waals surface area contributed by atoms with Crippen molar-refractivity contribution >= 4 is 57.2 Å². The summed E-state index contributed by atoms with van der Waals surface area (Å²) in [6.07, 6.45) is 1.67. The van der Waals surface area contributed by atoms with Crippen molar-refractivity contribution < 1.29 is 4.39 Å². The summed E-state index contributed by atoms with van der Waals surface area (Å²) in [6, 6.07) is 6.74. The summed E-state index contributed by atoms with van der Waals surface area (Å²) in [7, 11) is 0. The van der Waals surface area contributed by atoms with Crippen LogP contribution in [0.3, 0.4) is 0 Å². The number of fused-ring (bicyclic) bond motifs is 1. The first kappa shape index (κ1) is 31.6. The van der Waals surface area contributed by atoms with Gasteiger partial charge in [-0.3, -0.25) is 19.2 Å². The number of halogens is 4. The largest absolute Gasteiger partial charge is 0.397 e. The number of rotatable bonds is 5. The quantitative estimate of drug-likeness (QED) is 0.148. The molecule has 1 fully saturated rings. The molecule has 1 aliphatic heterocycles. The van der Waals surface area contributed by atoms with Gasteiger partial charge in [0.2, 0.25) is 0 Å². The van der Waals surface area contributed by atoms with Gasteiger partial charge in [0.1, 0.15) is 17.3 Å². The van der Waals surface area contributed by atoms with Crippen LogP contribution in [0.4, 0.5) is 15.8 Å². The van der Waals surface area contributed by atoms with Gasteiger partial charge in [-0.15, -0.1) is 5.92 Å². The molecule has 0 atom stereocenters. The van der Waals surface area contributed by atoms with Crippen LogP contribution in [0.15, 0.2) is 29.2 Å². The van der Waals surface area contributed by atoms with Crippen LogP contribution in [0.5, 0.6) is 0 Å². The van der Waals surface area contributed by atoms with Gasteiger partial charge in [0.25, 0.3) is 5.56 Å². The summed E-state index contributed by atoms with van der Waals surface area (Å²) < 4.78 is 16.9. The highest BCUT2D eigenvalue weighted by atomic mass is 35.5. The third-order valence-electron chi connectivity index (χ3n) is 7.73. The predicted octanol–water partition coefficient (Wildman–Crippen LogP) is 6.58. The minimum absolute atomic E-state index is 0.0260. The topological polar surface area (TPSA) is 104 Å². The molecule has 0 aliphatic carbocycles. The van der Waals surface area contributed by atoms with Gasteiger partial charge < -0.3 is 10.6 Å². The summed E-state index contributed by atoms with van der Waals surface area (Å²) in [5.41, 5.74) is 7.70. The molecule has 1 aliphatic rings. The minimum Gasteiger partial charge on any atom is -0.397 e. The molecule has 4 heterocycles. The lowest BCUT2D eigenvalue weighted by atomic mass is 10.0. The van der Waals surface area contributed by atoms with Crippen molar-refractivity contribution in [2.45, 2.75) is 33.6 Å². The fourth-order valence-electron chi connectivity index (χ4n) is 5.53. The Morgan fingerprint density at radius 2 is 1.80 bits per heavy atom. The van der Waals surface area contributed by atoms with Gasteiger partial charge in [-0.2, -0.15) is 5.26 Å². The van der Waals surface area contributed by atoms with E-state index < -0.39 is 11.4 Å². The molecule has 5 rings (SSSR count). The summed E-state index contributed by atoms with van der Waals surface area (Å²) in [4.78, 5) is 28.0. The van der Waals surface area contributed by atoms with E-state index in [-0.39, 0.29) is 49.1 Å². The molecule has 0 radical (unpaired) electrons. The van der Waals surface area contributed by atoms with Crippen LogP contribution in [-0.2, 0) is 0 Å². The number of nitrogens with zero attached hydrogens (tertiary/aromatic N) is 6. The number of nitrogens with two attached hydrogens (primary N) is 1. The van der Waals surface area contributed by atoms with Crippen molar-refractivity contribution in [3.8, 4) is 34.9 Å². The fourth-order valence-corrected chi connectivity index (χ4v) is 6.23. The summed E-state index contributed by atoms with van der Waals surface area (Å²) in [5.74, 6) is 5.07. The maximum absolute atomic E-state index is 15.5. The van der Waals surface area contributed by atoms with Gasteiger partial charge in [0, 0.05) is 37.8 Å². The third-order valence-corrected chi connectivity index (χ3v) is 8.60. The van der Waals surface area contributed by atoms with E-state index >= 15 is 4.39 Å². The Bertz CT molecular complexity index is 1940. The summed E-state index contributed by atoms with van der Waals surface area (Å²) in [5, 5.41) is 10.7. The Morgan fingerprint density at radius 1 is 1.09 bits per heavy atom. The maximum atomic E-state index is 15.5. The zero-order valence-electron chi connectivity index (χ0n) is 24.6. The molecule has 12 heteroatoms. The van der Waals surface area contributed by atoms with Crippen molar-refractivity contribution in [1.82, 2.24) is 19.4 Å². The van der Waals surface area contributed by atoms with E-state index in [0.717, 1.165) is 5.56 Å². The monoisotopic (exact) mass is 651 g/mol. The Labute approximate surface area is 269 Å². The van der Waals surface area contributed by atoms with Crippen molar-refractivity contribution in [3.63, 3.8) is 0 Å². The lowest BCUT2D eigenvalue weighted by molar-refractivity contribution is 0.288. The van der Waals surface area contributed by atoms with Crippen molar-refractivity contribution in [2.24, 2.45) is 0 Å². The van der Waals surface area contributed by atoms with Gasteiger partial charge in [0.05, 0.1) is 55.6 Å². The first-order valence-electron chi connectivity index (χ1n) is 14.0. The Kier molecular flexibility index (Phi) is 9.06. The van der Waals surface area contributed by atoms with E-state index in [9.17, 15) is 10.1 Å². The third kappa shape index (κ3) is 5.46. The van der Waals surface area contributed by atoms with E-state index in [1.165, 1.54) is 10.6 Å². The average molecular weight is 653 g/mol. The van der Waals surface area contributed by atoms with Crippen LogP contribution in [0, 0.1) is 35.9 Å². The number of benzene rings is 1. The van der Waals surface area contributed by atoms with E-state index in [4.69, 9.17) is 45.5 Å². The van der Waals surface area contributed by atoms with Crippen molar-refractivity contribution in [2.75, 3.05) is 43.4 Å². The molecular weight excluding hydrogens is 624 g/mol. The number of hydrogen-bond acceptors (Lipinski definition) is 7. The number of piperazine rings is 1. The van der Waals surface area contributed by atoms with Gasteiger partial charge in [0.15, 0.2) is 5.82 Å². The Morgan fingerprint density at radius 3 is 2.43 bits per heavy atom. The molecule has 226 valence electrons. The van der Waals surface area contributed by atoms with Crippen LogP contribution in [-0.4, -0.2) is 52.2 Å². The number of anilines is 2. The standard InChI is InChI=1S/C32H29Cl3FN7O/c1-5-6-9-41-10-12-42(13-11-41)30-19-14-23(35)28(24-25(36)21(33)15-22(34)26(24)38)40-31(19)43(32(44)20(30)16-37)29-18(4)7-8-39-27(29)17(2)3/h7-8,14-15,17H,9-13,38H2,1-4H3. The number of pyridine rings is 3. The average Bonchev–Trinajstić information content (AvgIpc) is 2.99. The maximum Gasteiger partial charge on any atom is 0.276 e. The van der Waals surface area contributed by atoms with Gasteiger partial charge in [-0.05, 0) is 43.5 Å². The molecule has 0 unspecified atom stereocenters. The first-order chi connectivity index (χ1) is 21.0. The molecule has 0 spiro atoms. The van der Waals surface area contributed by atoms with Gasteiger partial charge >= 0.3 is 0 Å². The predicted molar refractivity (Wildman–Crippen MR) is 176 cm³/mol. The molecule has 44 heavy (non-hydrogen) atoms. The summed E-state index contributed by atoms with van der Waals surface area (Å²) >= 11 is 19.3. The molecule has 0 amide bonds. The SMILES string of the molecule is CC#CCN1CCN(c2c(C#N)c(=O)n(-c3c(C)ccnc3C(C)C)c3nc(-c4c(N)c(Cl)cc(Cl)c4F)c(Cl)cc23)CC1. The normalized spacial score (nSPS) is 13.7. The number of hydrogen-bond donors (Lipinski definition) is 1. The number of nitrogen functional groups attached to an aromatic ring is 1. The highest BCUT2D eigenvalue weighted by Crippen LogP contribution is 2.42. The van der Waals surface area contributed by atoms with E-state index in [2.05, 4.69) is 27.8 Å². The molecule has 1 saturated heterocycles. The molecule has 1 aromatic carbocycles. The first-order valence-corrected chi connectivity index (χ1v) is 15.1. The molecular formula is C32H29Cl3FN7O. The molecule has 3 aromatic heterocycles. The van der Waals surface area contributed by atoms with Crippen molar-refractivity contribution in [3.05, 3.63) is 72.5 Å². The zero-order chi connectivity index (χ0) is 31.9. The van der Waals surface area contributed by atoms with Crippen LogP contribution in [0.2, 0.25) is 15.1 Å². The molecule has 0 saturated carbocycles. The van der Waals surface area contributed by atoms with Gasteiger partial charge in [-0.25, -0.2) is 9.37 Å². The number of aromatic nitrogens is 3. The molecule has 0 bridgehead atoms. The summed E-state index contributed by atoms with van der Waals surface area (Å²) in [6.45, 7) is 10.6. The van der Waals surface area contributed by atoms with E-state index in [1.807, 2.05) is 25.7 Å². The fraction of sp³-hybridized carbons (Fsp3) is 0.312.